The molecule has 0 saturated heterocycles. The Bertz CT molecular complexity index is 1170. The van der Waals surface area contributed by atoms with E-state index in [9.17, 15) is 4.79 Å². The molecular weight excluding hydrogens is 444 g/mol. The smallest absolute Gasteiger partial charge is 0.304 e. The second-order valence-corrected chi connectivity index (χ2v) is 9.20. The van der Waals surface area contributed by atoms with Gasteiger partial charge in [-0.25, -0.2) is 0 Å². The summed E-state index contributed by atoms with van der Waals surface area (Å²) in [6.45, 7) is 7.58. The Morgan fingerprint density at radius 2 is 1.91 bits per heavy atom. The van der Waals surface area contributed by atoms with Gasteiger partial charge in [0.25, 0.3) is 5.89 Å². The van der Waals surface area contributed by atoms with Crippen LogP contribution < -0.4 is 10.1 Å². The van der Waals surface area contributed by atoms with E-state index in [-0.39, 0.29) is 6.42 Å². The van der Waals surface area contributed by atoms with Gasteiger partial charge in [-0.05, 0) is 68.5 Å². The van der Waals surface area contributed by atoms with Gasteiger partial charge in [-0.3, -0.25) is 9.78 Å². The zero-order valence-electron chi connectivity index (χ0n) is 20.8. The van der Waals surface area contributed by atoms with Crippen molar-refractivity contribution in [3.8, 4) is 28.6 Å². The number of carboxylic acid groups (broad SMARTS) is 1. The van der Waals surface area contributed by atoms with Crippen LogP contribution in [0.2, 0.25) is 0 Å². The molecule has 0 radical (unpaired) electrons. The van der Waals surface area contributed by atoms with E-state index in [1.165, 1.54) is 25.7 Å². The van der Waals surface area contributed by atoms with E-state index < -0.39 is 5.97 Å². The van der Waals surface area contributed by atoms with Crippen molar-refractivity contribution in [3.05, 3.63) is 46.8 Å². The molecule has 186 valence electrons. The highest BCUT2D eigenvalue weighted by Crippen LogP contribution is 2.35. The molecule has 1 aromatic carbocycles. The summed E-state index contributed by atoms with van der Waals surface area (Å²) in [5.41, 5.74) is 5.97. The maximum absolute atomic E-state index is 10.6. The van der Waals surface area contributed by atoms with Gasteiger partial charge in [0.2, 0.25) is 5.82 Å². The zero-order chi connectivity index (χ0) is 24.8. The lowest BCUT2D eigenvalue weighted by Crippen LogP contribution is -2.24. The number of aliphatic carboxylic acids is 1. The maximum Gasteiger partial charge on any atom is 0.304 e. The molecule has 0 unspecified atom stereocenters. The fourth-order valence-corrected chi connectivity index (χ4v) is 4.70. The Morgan fingerprint density at radius 3 is 2.66 bits per heavy atom. The Kier molecular flexibility index (Phi) is 8.13. The molecule has 0 amide bonds. The topological polar surface area (TPSA) is 110 Å². The van der Waals surface area contributed by atoms with Gasteiger partial charge in [-0.15, -0.1) is 0 Å². The molecule has 1 aliphatic carbocycles. The molecule has 8 heteroatoms. The van der Waals surface area contributed by atoms with E-state index in [0.717, 1.165) is 45.8 Å². The van der Waals surface area contributed by atoms with Crippen molar-refractivity contribution in [1.29, 1.82) is 0 Å². The van der Waals surface area contributed by atoms with Gasteiger partial charge < -0.3 is 19.7 Å². The minimum atomic E-state index is -0.809. The van der Waals surface area contributed by atoms with E-state index >= 15 is 0 Å². The summed E-state index contributed by atoms with van der Waals surface area (Å²) < 4.78 is 11.7. The number of rotatable bonds is 11. The molecule has 2 N–H and O–H groups in total. The maximum atomic E-state index is 10.6. The highest BCUT2D eigenvalue weighted by molar-refractivity contribution is 5.67. The Hall–Kier alpha value is -3.26. The van der Waals surface area contributed by atoms with Gasteiger partial charge in [0, 0.05) is 41.5 Å². The molecule has 0 atom stereocenters. The summed E-state index contributed by atoms with van der Waals surface area (Å²) in [4.78, 5) is 20.1. The third kappa shape index (κ3) is 6.25. The first-order chi connectivity index (χ1) is 16.9. The van der Waals surface area contributed by atoms with Crippen molar-refractivity contribution in [3.63, 3.8) is 0 Å². The van der Waals surface area contributed by atoms with Crippen LogP contribution in [0.15, 0.2) is 28.8 Å². The second-order valence-electron chi connectivity index (χ2n) is 9.20. The van der Waals surface area contributed by atoms with Gasteiger partial charge >= 0.3 is 5.97 Å². The number of carbonyl (C=O) groups is 1. The molecule has 0 spiro atoms. The van der Waals surface area contributed by atoms with Crippen LogP contribution in [-0.2, 0) is 11.2 Å². The van der Waals surface area contributed by atoms with Crippen LogP contribution in [0.25, 0.3) is 22.8 Å². The zero-order valence-corrected chi connectivity index (χ0v) is 20.8. The number of aromatic nitrogens is 3. The minimum absolute atomic E-state index is 0.0988. The average molecular weight is 479 g/mol. The number of aryl methyl sites for hydroxylation is 3. The normalized spacial score (nSPS) is 13.9. The Labute approximate surface area is 206 Å². The summed E-state index contributed by atoms with van der Waals surface area (Å²) in [5, 5.41) is 16.1. The first kappa shape index (κ1) is 24.9. The van der Waals surface area contributed by atoms with Crippen LogP contribution in [0.4, 0.5) is 0 Å². The lowest BCUT2D eigenvalue weighted by atomic mass is 10.0. The number of carboxylic acids is 1. The molecule has 4 rings (SSSR count). The highest BCUT2D eigenvalue weighted by Gasteiger charge is 2.21. The van der Waals surface area contributed by atoms with Crippen molar-refractivity contribution in [2.24, 2.45) is 0 Å². The van der Waals surface area contributed by atoms with Crippen LogP contribution in [0.3, 0.4) is 0 Å². The Balaban J connectivity index is 1.49. The SMILES string of the molecule is CCc1cc(-c2noc(-c3cc(C)nc(C4CCCC4)c3)n2)cc(C)c1OCCNCCC(=O)O. The molecule has 0 aliphatic heterocycles. The fourth-order valence-electron chi connectivity index (χ4n) is 4.70. The molecule has 2 heterocycles. The van der Waals surface area contributed by atoms with E-state index in [1.807, 2.05) is 26.0 Å². The number of pyridine rings is 1. The first-order valence-corrected chi connectivity index (χ1v) is 12.5. The van der Waals surface area contributed by atoms with Crippen molar-refractivity contribution in [1.82, 2.24) is 20.4 Å². The third-order valence-corrected chi connectivity index (χ3v) is 6.45. The van der Waals surface area contributed by atoms with Crippen LogP contribution in [-0.4, -0.2) is 45.9 Å². The molecule has 1 saturated carbocycles. The third-order valence-electron chi connectivity index (χ3n) is 6.45. The van der Waals surface area contributed by atoms with E-state index in [0.29, 0.717) is 37.3 Å². The van der Waals surface area contributed by atoms with Crippen LogP contribution in [0.5, 0.6) is 5.75 Å². The predicted molar refractivity (Wildman–Crippen MR) is 134 cm³/mol. The van der Waals surface area contributed by atoms with Gasteiger partial charge in [0.05, 0.1) is 6.42 Å². The molecule has 8 nitrogen and oxygen atoms in total. The van der Waals surface area contributed by atoms with Gasteiger partial charge in [-0.1, -0.05) is 24.9 Å². The molecule has 35 heavy (non-hydrogen) atoms. The van der Waals surface area contributed by atoms with Crippen LogP contribution in [0, 0.1) is 13.8 Å². The fraction of sp³-hybridized carbons (Fsp3) is 0.481. The van der Waals surface area contributed by atoms with E-state index in [1.54, 1.807) is 0 Å². The molecule has 1 fully saturated rings. The van der Waals surface area contributed by atoms with E-state index in [2.05, 4.69) is 29.5 Å². The summed E-state index contributed by atoms with van der Waals surface area (Å²) >= 11 is 0. The lowest BCUT2D eigenvalue weighted by molar-refractivity contribution is -0.136. The second kappa shape index (κ2) is 11.4. The number of ether oxygens (including phenoxy) is 1. The van der Waals surface area contributed by atoms with Crippen molar-refractivity contribution in [2.45, 2.75) is 65.2 Å². The van der Waals surface area contributed by atoms with Crippen molar-refractivity contribution < 1.29 is 19.2 Å². The number of benzene rings is 1. The summed E-state index contributed by atoms with van der Waals surface area (Å²) in [6, 6.07) is 8.17. The van der Waals surface area contributed by atoms with E-state index in [4.69, 9.17) is 24.3 Å². The monoisotopic (exact) mass is 478 g/mol. The van der Waals surface area contributed by atoms with Gasteiger partial charge in [0.15, 0.2) is 0 Å². The quantitative estimate of drug-likeness (QED) is 0.367. The molecule has 2 aromatic heterocycles. The minimum Gasteiger partial charge on any atom is -0.492 e. The van der Waals surface area contributed by atoms with Gasteiger partial charge in [0.1, 0.15) is 12.4 Å². The lowest BCUT2D eigenvalue weighted by Gasteiger charge is -2.15. The summed E-state index contributed by atoms with van der Waals surface area (Å²) in [5.74, 6) is 1.62. The molecular formula is C27H34N4O4. The van der Waals surface area contributed by atoms with Crippen molar-refractivity contribution in [2.75, 3.05) is 19.7 Å². The van der Waals surface area contributed by atoms with Crippen molar-refractivity contribution >= 4 is 5.97 Å². The predicted octanol–water partition coefficient (Wildman–Crippen LogP) is 5.08. The average Bonchev–Trinajstić information content (AvgIpc) is 3.54. The first-order valence-electron chi connectivity index (χ1n) is 12.5. The molecule has 0 bridgehead atoms. The van der Waals surface area contributed by atoms with Crippen LogP contribution >= 0.6 is 0 Å². The number of hydrogen-bond donors (Lipinski definition) is 2. The number of nitrogens with one attached hydrogen (secondary N) is 1. The number of hydrogen-bond acceptors (Lipinski definition) is 7. The molecule has 1 aliphatic rings. The standard InChI is InChI=1S/C27H34N4O4/c1-4-19-15-21(13-17(2)25(19)34-12-11-28-10-9-24(32)33)26-30-27(35-31-26)22-14-18(3)29-23(16-22)20-7-5-6-8-20/h13-16,20,28H,4-12H2,1-3H3,(H,32,33). The Morgan fingerprint density at radius 1 is 1.11 bits per heavy atom. The number of nitrogens with zero attached hydrogens (tertiary/aromatic N) is 3. The summed E-state index contributed by atoms with van der Waals surface area (Å²) in [6.07, 6.45) is 5.81. The highest BCUT2D eigenvalue weighted by atomic mass is 16.5. The van der Waals surface area contributed by atoms with Gasteiger partial charge in [-0.2, -0.15) is 4.98 Å². The van der Waals surface area contributed by atoms with Crippen LogP contribution in [0.1, 0.15) is 67.5 Å². The largest absolute Gasteiger partial charge is 0.492 e. The molecule has 3 aromatic rings. The summed E-state index contributed by atoms with van der Waals surface area (Å²) in [7, 11) is 0.